The fourth-order valence-electron chi connectivity index (χ4n) is 2.36. The highest BCUT2D eigenvalue weighted by Gasteiger charge is 2.24. The number of aryl methyl sites for hydroxylation is 1. The highest BCUT2D eigenvalue weighted by atomic mass is 16.3. The molecule has 1 aliphatic rings. The van der Waals surface area contributed by atoms with E-state index in [-0.39, 0.29) is 12.0 Å². The number of carbonyl (C=O) groups excluding carboxylic acids is 1. The molecule has 1 fully saturated rings. The van der Waals surface area contributed by atoms with Crippen molar-refractivity contribution in [3.63, 3.8) is 0 Å². The minimum atomic E-state index is -0.384. The summed E-state index contributed by atoms with van der Waals surface area (Å²) in [5.74, 6) is 0.00167. The van der Waals surface area contributed by atoms with E-state index in [9.17, 15) is 9.90 Å². The second kappa shape index (κ2) is 5.40. The van der Waals surface area contributed by atoms with Crippen molar-refractivity contribution in [1.82, 2.24) is 4.90 Å². The normalized spacial score (nSPS) is 19.7. The van der Waals surface area contributed by atoms with Crippen molar-refractivity contribution >= 4 is 11.6 Å². The smallest absolute Gasteiger partial charge is 0.256 e. The molecule has 1 aromatic rings. The number of rotatable bonds is 2. The van der Waals surface area contributed by atoms with E-state index in [0.717, 1.165) is 30.6 Å². The summed E-state index contributed by atoms with van der Waals surface area (Å²) in [7, 11) is 1.81. The van der Waals surface area contributed by atoms with Gasteiger partial charge in [-0.1, -0.05) is 11.6 Å². The molecular weight excluding hydrogens is 228 g/mol. The Balaban J connectivity index is 2.24. The summed E-state index contributed by atoms with van der Waals surface area (Å²) in [5.41, 5.74) is 2.59. The van der Waals surface area contributed by atoms with Crippen LogP contribution in [0.25, 0.3) is 0 Å². The topological polar surface area (TPSA) is 52.6 Å². The number of amides is 1. The van der Waals surface area contributed by atoms with Gasteiger partial charge in [0.1, 0.15) is 0 Å². The van der Waals surface area contributed by atoms with Crippen molar-refractivity contribution in [3.8, 4) is 0 Å². The van der Waals surface area contributed by atoms with Gasteiger partial charge >= 0.3 is 0 Å². The third kappa shape index (κ3) is 2.64. The first-order valence-corrected chi connectivity index (χ1v) is 6.37. The molecule has 18 heavy (non-hydrogen) atoms. The molecule has 1 amide bonds. The molecule has 1 atom stereocenters. The molecule has 0 aromatic heterocycles. The number of nitrogens with zero attached hydrogens (tertiary/aromatic N) is 1. The molecule has 4 heteroatoms. The van der Waals surface area contributed by atoms with Crippen LogP contribution in [0.15, 0.2) is 18.2 Å². The quantitative estimate of drug-likeness (QED) is 0.836. The lowest BCUT2D eigenvalue weighted by Crippen LogP contribution is -2.42. The molecule has 2 rings (SSSR count). The summed E-state index contributed by atoms with van der Waals surface area (Å²) in [6.45, 7) is 3.14. The molecule has 0 radical (unpaired) electrons. The Bertz CT molecular complexity index is 445. The number of nitrogens with one attached hydrogen (secondary N) is 1. The lowest BCUT2D eigenvalue weighted by atomic mass is 10.0. The predicted molar refractivity (Wildman–Crippen MR) is 71.9 cm³/mol. The van der Waals surface area contributed by atoms with Gasteiger partial charge in [-0.3, -0.25) is 4.79 Å². The number of β-amino-alcohol motifs (C(OH)–C–C–N with tert-alkyl or cyclic N) is 1. The largest absolute Gasteiger partial charge is 0.391 e. The average Bonchev–Trinajstić information content (AvgIpc) is 2.38. The van der Waals surface area contributed by atoms with E-state index in [2.05, 4.69) is 5.32 Å². The van der Waals surface area contributed by atoms with Gasteiger partial charge in [0.05, 0.1) is 11.7 Å². The first-order chi connectivity index (χ1) is 8.61. The van der Waals surface area contributed by atoms with E-state index in [1.165, 1.54) is 0 Å². The second-order valence-electron chi connectivity index (χ2n) is 4.85. The maximum Gasteiger partial charge on any atom is 0.256 e. The van der Waals surface area contributed by atoms with E-state index in [0.29, 0.717) is 12.1 Å². The Kier molecular flexibility index (Phi) is 3.87. The van der Waals surface area contributed by atoms with Gasteiger partial charge in [-0.05, 0) is 31.9 Å². The van der Waals surface area contributed by atoms with Crippen molar-refractivity contribution in [2.75, 3.05) is 25.5 Å². The first kappa shape index (κ1) is 12.9. The third-order valence-corrected chi connectivity index (χ3v) is 3.36. The number of carbonyl (C=O) groups is 1. The maximum absolute atomic E-state index is 12.5. The Morgan fingerprint density at radius 2 is 2.28 bits per heavy atom. The van der Waals surface area contributed by atoms with Crippen molar-refractivity contribution in [3.05, 3.63) is 29.3 Å². The minimum absolute atomic E-state index is 0.00167. The molecule has 1 heterocycles. The highest BCUT2D eigenvalue weighted by molar-refractivity contribution is 5.99. The monoisotopic (exact) mass is 248 g/mol. The van der Waals surface area contributed by atoms with Crippen LogP contribution < -0.4 is 5.32 Å². The lowest BCUT2D eigenvalue weighted by molar-refractivity contribution is 0.0474. The Morgan fingerprint density at radius 3 is 2.94 bits per heavy atom. The van der Waals surface area contributed by atoms with Gasteiger partial charge in [-0.25, -0.2) is 0 Å². The molecule has 1 aliphatic heterocycles. The van der Waals surface area contributed by atoms with Gasteiger partial charge in [0.25, 0.3) is 5.91 Å². The fraction of sp³-hybridized carbons (Fsp3) is 0.500. The zero-order chi connectivity index (χ0) is 13.1. The van der Waals surface area contributed by atoms with Gasteiger partial charge in [-0.15, -0.1) is 0 Å². The van der Waals surface area contributed by atoms with Gasteiger partial charge in [0.2, 0.25) is 0 Å². The lowest BCUT2D eigenvalue weighted by Gasteiger charge is -2.30. The van der Waals surface area contributed by atoms with Gasteiger partial charge in [-0.2, -0.15) is 0 Å². The molecule has 0 spiro atoms. The van der Waals surface area contributed by atoms with Crippen LogP contribution in [0.2, 0.25) is 0 Å². The molecular formula is C14H20N2O2. The predicted octanol–water partition coefficient (Wildman–Crippen LogP) is 1.63. The Hall–Kier alpha value is -1.55. The fourth-order valence-corrected chi connectivity index (χ4v) is 2.36. The van der Waals surface area contributed by atoms with Crippen molar-refractivity contribution in [2.24, 2.45) is 0 Å². The number of aliphatic hydroxyl groups is 1. The number of hydrogen-bond acceptors (Lipinski definition) is 3. The van der Waals surface area contributed by atoms with E-state index in [1.807, 2.05) is 32.2 Å². The van der Waals surface area contributed by atoms with E-state index >= 15 is 0 Å². The average molecular weight is 248 g/mol. The summed E-state index contributed by atoms with van der Waals surface area (Å²) < 4.78 is 0. The molecule has 98 valence electrons. The van der Waals surface area contributed by atoms with Crippen molar-refractivity contribution < 1.29 is 9.90 Å². The number of hydrogen-bond donors (Lipinski definition) is 2. The van der Waals surface area contributed by atoms with E-state index in [1.54, 1.807) is 4.90 Å². The zero-order valence-corrected chi connectivity index (χ0v) is 10.9. The molecule has 2 N–H and O–H groups in total. The van der Waals surface area contributed by atoms with E-state index < -0.39 is 0 Å². The SMILES string of the molecule is CNc1ccc(C)cc1C(=O)N1CCCC(O)C1. The summed E-state index contributed by atoms with van der Waals surface area (Å²) in [6, 6.07) is 5.80. The van der Waals surface area contributed by atoms with Crippen LogP contribution in [0.3, 0.4) is 0 Å². The first-order valence-electron chi connectivity index (χ1n) is 6.37. The zero-order valence-electron chi connectivity index (χ0n) is 10.9. The molecule has 1 aromatic carbocycles. The van der Waals surface area contributed by atoms with Crippen molar-refractivity contribution in [1.29, 1.82) is 0 Å². The minimum Gasteiger partial charge on any atom is -0.391 e. The Morgan fingerprint density at radius 1 is 1.50 bits per heavy atom. The van der Waals surface area contributed by atoms with E-state index in [4.69, 9.17) is 0 Å². The summed E-state index contributed by atoms with van der Waals surface area (Å²) >= 11 is 0. The third-order valence-electron chi connectivity index (χ3n) is 3.36. The molecule has 0 bridgehead atoms. The van der Waals surface area contributed by atoms with Gasteiger partial charge in [0, 0.05) is 25.8 Å². The number of likely N-dealkylation sites (tertiary alicyclic amines) is 1. The van der Waals surface area contributed by atoms with Crippen LogP contribution in [0, 0.1) is 6.92 Å². The van der Waals surface area contributed by atoms with Crippen molar-refractivity contribution in [2.45, 2.75) is 25.9 Å². The van der Waals surface area contributed by atoms with Gasteiger partial charge < -0.3 is 15.3 Å². The summed E-state index contributed by atoms with van der Waals surface area (Å²) in [4.78, 5) is 14.2. The standard InChI is InChI=1S/C14H20N2O2/c1-10-5-6-13(15-2)12(8-10)14(18)16-7-3-4-11(17)9-16/h5-6,8,11,15,17H,3-4,7,9H2,1-2H3. The van der Waals surface area contributed by atoms with Crippen LogP contribution in [0.1, 0.15) is 28.8 Å². The number of piperidine rings is 1. The highest BCUT2D eigenvalue weighted by Crippen LogP contribution is 2.21. The molecule has 1 saturated heterocycles. The Labute approximate surface area is 108 Å². The summed E-state index contributed by atoms with van der Waals surface area (Å²) in [5, 5.41) is 12.7. The number of anilines is 1. The van der Waals surface area contributed by atoms with Crippen LogP contribution in [0.5, 0.6) is 0 Å². The van der Waals surface area contributed by atoms with Crippen LogP contribution in [-0.2, 0) is 0 Å². The number of aliphatic hydroxyl groups excluding tert-OH is 1. The molecule has 1 unspecified atom stereocenters. The molecule has 4 nitrogen and oxygen atoms in total. The maximum atomic E-state index is 12.5. The van der Waals surface area contributed by atoms with Crippen LogP contribution in [0.4, 0.5) is 5.69 Å². The molecule has 0 saturated carbocycles. The number of benzene rings is 1. The molecule has 0 aliphatic carbocycles. The van der Waals surface area contributed by atoms with Gasteiger partial charge in [0.15, 0.2) is 0 Å². The summed E-state index contributed by atoms with van der Waals surface area (Å²) in [6.07, 6.45) is 1.27. The second-order valence-corrected chi connectivity index (χ2v) is 4.85. The van der Waals surface area contributed by atoms with Crippen LogP contribution >= 0.6 is 0 Å². The van der Waals surface area contributed by atoms with Crippen LogP contribution in [-0.4, -0.2) is 42.2 Å².